The molecular formula is C23H28N6O2. The van der Waals surface area contributed by atoms with Crippen LogP contribution in [0.5, 0.6) is 0 Å². The molecule has 0 heterocycles. The van der Waals surface area contributed by atoms with E-state index in [2.05, 4.69) is 21.2 Å². The molecule has 0 saturated heterocycles. The van der Waals surface area contributed by atoms with Crippen molar-refractivity contribution in [1.82, 2.24) is 5.32 Å². The Morgan fingerprint density at radius 3 is 2.39 bits per heavy atom. The third-order valence-electron chi connectivity index (χ3n) is 6.61. The minimum atomic E-state index is -0.309. The van der Waals surface area contributed by atoms with Gasteiger partial charge < -0.3 is 15.4 Å². The Morgan fingerprint density at radius 2 is 1.77 bits per heavy atom. The first-order valence-corrected chi connectivity index (χ1v) is 10.9. The van der Waals surface area contributed by atoms with Gasteiger partial charge in [0.25, 0.3) is 0 Å². The van der Waals surface area contributed by atoms with E-state index in [1.807, 2.05) is 6.92 Å². The molecule has 0 aliphatic heterocycles. The summed E-state index contributed by atoms with van der Waals surface area (Å²) in [5.41, 5.74) is 3.51. The largest absolute Gasteiger partial charge is 0.370 e. The molecule has 4 aliphatic carbocycles. The second kappa shape index (κ2) is 8.95. The molecule has 162 valence electrons. The zero-order valence-electron chi connectivity index (χ0n) is 17.7. The summed E-state index contributed by atoms with van der Waals surface area (Å²) in [4.78, 5) is 12.3. The maximum atomic E-state index is 12.3. The second-order valence-corrected chi connectivity index (χ2v) is 9.24. The van der Waals surface area contributed by atoms with Crippen LogP contribution in [-0.2, 0) is 4.74 Å². The Morgan fingerprint density at radius 1 is 1.16 bits per heavy atom. The third-order valence-corrected chi connectivity index (χ3v) is 6.61. The number of urea groups is 1. The number of nitrogens with zero attached hydrogens (tertiary/aromatic N) is 3. The summed E-state index contributed by atoms with van der Waals surface area (Å²) in [6, 6.07) is 9.93. The first-order valence-electron chi connectivity index (χ1n) is 10.9. The predicted molar refractivity (Wildman–Crippen MR) is 117 cm³/mol. The Hall–Kier alpha value is -3.10. The van der Waals surface area contributed by atoms with Gasteiger partial charge in [-0.25, -0.2) is 4.79 Å². The van der Waals surface area contributed by atoms with E-state index < -0.39 is 0 Å². The van der Waals surface area contributed by atoms with Crippen LogP contribution in [-0.4, -0.2) is 30.0 Å². The first-order chi connectivity index (χ1) is 15.0. The molecule has 4 aliphatic rings. The number of carbonyl (C=O) groups is 1. The summed E-state index contributed by atoms with van der Waals surface area (Å²) in [6.07, 6.45) is 7.63. The van der Waals surface area contributed by atoms with Crippen LogP contribution in [0.1, 0.15) is 45.4 Å². The van der Waals surface area contributed by atoms with Crippen LogP contribution in [0.3, 0.4) is 0 Å². The van der Waals surface area contributed by atoms with Crippen molar-refractivity contribution in [3.8, 4) is 12.1 Å². The molecule has 4 saturated carbocycles. The molecule has 5 rings (SSSR count). The molecule has 0 radical (unpaired) electrons. The summed E-state index contributed by atoms with van der Waals surface area (Å²) in [5.74, 6) is 2.49. The number of nitriles is 2. The monoisotopic (exact) mass is 420 g/mol. The van der Waals surface area contributed by atoms with Crippen LogP contribution in [0.15, 0.2) is 29.4 Å². The lowest BCUT2D eigenvalue weighted by Gasteiger charge is -2.57. The highest BCUT2D eigenvalue weighted by atomic mass is 16.5. The normalized spacial score (nSPS) is 28.7. The molecule has 8 nitrogen and oxygen atoms in total. The van der Waals surface area contributed by atoms with Crippen LogP contribution in [0.25, 0.3) is 0 Å². The summed E-state index contributed by atoms with van der Waals surface area (Å²) < 4.78 is 6.53. The molecule has 1 atom stereocenters. The summed E-state index contributed by atoms with van der Waals surface area (Å²) >= 11 is 0. The summed E-state index contributed by atoms with van der Waals surface area (Å²) in [7, 11) is 0. The summed E-state index contributed by atoms with van der Waals surface area (Å²) in [5, 5.41) is 26.8. The van der Waals surface area contributed by atoms with Crippen LogP contribution < -0.4 is 16.1 Å². The van der Waals surface area contributed by atoms with Crippen LogP contribution in [0.2, 0.25) is 0 Å². The fraction of sp³-hybridized carbons (Fsp3) is 0.565. The van der Waals surface area contributed by atoms with Crippen LogP contribution in [0, 0.1) is 40.4 Å². The molecule has 2 amide bonds. The minimum absolute atomic E-state index is 0.0263. The van der Waals surface area contributed by atoms with Gasteiger partial charge in [-0.05, 0) is 81.4 Å². The fourth-order valence-electron chi connectivity index (χ4n) is 5.92. The molecule has 0 aromatic heterocycles. The van der Waals surface area contributed by atoms with Gasteiger partial charge in [0.15, 0.2) is 0 Å². The average molecular weight is 421 g/mol. The first kappa shape index (κ1) is 21.1. The smallest absolute Gasteiger partial charge is 0.319 e. The van der Waals surface area contributed by atoms with Gasteiger partial charge in [-0.2, -0.15) is 15.6 Å². The number of hydrogen-bond donors (Lipinski definition) is 3. The lowest BCUT2D eigenvalue weighted by Crippen LogP contribution is -2.54. The van der Waals surface area contributed by atoms with Crippen LogP contribution >= 0.6 is 0 Å². The predicted octanol–water partition coefficient (Wildman–Crippen LogP) is 4.00. The molecule has 1 unspecified atom stereocenters. The fourth-order valence-corrected chi connectivity index (χ4v) is 5.92. The van der Waals surface area contributed by atoms with Crippen molar-refractivity contribution in [2.45, 2.75) is 57.2 Å². The number of hydrazone groups is 1. The Balaban J connectivity index is 1.25. The molecule has 31 heavy (non-hydrogen) atoms. The Kier molecular flexibility index (Phi) is 6.11. The molecule has 3 N–H and O–H groups in total. The molecule has 8 heteroatoms. The van der Waals surface area contributed by atoms with E-state index in [0.29, 0.717) is 17.9 Å². The van der Waals surface area contributed by atoms with Gasteiger partial charge in [0.1, 0.15) is 12.1 Å². The molecule has 1 aromatic carbocycles. The quantitative estimate of drug-likeness (QED) is 0.455. The van der Waals surface area contributed by atoms with E-state index in [-0.39, 0.29) is 23.4 Å². The van der Waals surface area contributed by atoms with Crippen molar-refractivity contribution >= 4 is 23.1 Å². The second-order valence-electron chi connectivity index (χ2n) is 9.24. The van der Waals surface area contributed by atoms with Crippen LogP contribution in [0.4, 0.5) is 16.2 Å². The third kappa shape index (κ3) is 5.15. The lowest BCUT2D eigenvalue weighted by molar-refractivity contribution is -0.182. The minimum Gasteiger partial charge on any atom is -0.370 e. The SMILES string of the molecule is CC(CNC(=O)Nc1cccc(NN=C(C#N)C#N)c1)OC12CC3CC(CC(C3)C1)C2. The van der Waals surface area contributed by atoms with Gasteiger partial charge in [0.2, 0.25) is 5.71 Å². The number of benzene rings is 1. The highest BCUT2D eigenvalue weighted by molar-refractivity contribution is 6.10. The number of ether oxygens (including phenoxy) is 1. The number of carbonyl (C=O) groups excluding carboxylic acids is 1. The van der Waals surface area contributed by atoms with Gasteiger partial charge >= 0.3 is 6.03 Å². The zero-order chi connectivity index (χ0) is 21.8. The topological polar surface area (TPSA) is 122 Å². The highest BCUT2D eigenvalue weighted by Gasteiger charge is 2.52. The number of anilines is 2. The van der Waals surface area contributed by atoms with Crippen molar-refractivity contribution in [1.29, 1.82) is 10.5 Å². The van der Waals surface area contributed by atoms with Gasteiger partial charge in [0.05, 0.1) is 17.4 Å². The number of nitrogens with one attached hydrogen (secondary N) is 3. The van der Waals surface area contributed by atoms with E-state index in [1.165, 1.54) is 38.5 Å². The maximum absolute atomic E-state index is 12.3. The van der Waals surface area contributed by atoms with Crippen molar-refractivity contribution < 1.29 is 9.53 Å². The standard InChI is InChI=1S/C23H28N6O2/c1-15(31-23-9-16-5-17(10-23)7-18(6-16)11-23)14-26-22(30)27-19-3-2-4-20(8-19)28-29-21(12-24)13-25/h2-4,8,15-18,28H,5-7,9-11,14H2,1H3,(H2,26,27,30). The molecule has 4 fully saturated rings. The molecule has 0 spiro atoms. The van der Waals surface area contributed by atoms with E-state index in [1.54, 1.807) is 36.4 Å². The van der Waals surface area contributed by atoms with Crippen molar-refractivity contribution in [2.75, 3.05) is 17.3 Å². The number of rotatable bonds is 7. The van der Waals surface area contributed by atoms with E-state index in [0.717, 1.165) is 17.8 Å². The van der Waals surface area contributed by atoms with Gasteiger partial charge in [-0.3, -0.25) is 5.43 Å². The van der Waals surface area contributed by atoms with Crippen molar-refractivity contribution in [2.24, 2.45) is 22.9 Å². The average Bonchev–Trinajstić information content (AvgIpc) is 2.72. The molecule has 4 bridgehead atoms. The number of amides is 2. The Labute approximate surface area is 182 Å². The van der Waals surface area contributed by atoms with E-state index in [4.69, 9.17) is 15.3 Å². The van der Waals surface area contributed by atoms with Gasteiger partial charge in [-0.1, -0.05) is 6.07 Å². The Bertz CT molecular complexity index is 893. The van der Waals surface area contributed by atoms with Crippen molar-refractivity contribution in [3.05, 3.63) is 24.3 Å². The molecular weight excluding hydrogens is 392 g/mol. The molecule has 1 aromatic rings. The van der Waals surface area contributed by atoms with Gasteiger partial charge in [-0.15, -0.1) is 0 Å². The maximum Gasteiger partial charge on any atom is 0.319 e. The highest BCUT2D eigenvalue weighted by Crippen LogP contribution is 2.57. The zero-order valence-corrected chi connectivity index (χ0v) is 17.7. The van der Waals surface area contributed by atoms with E-state index in [9.17, 15) is 4.79 Å². The van der Waals surface area contributed by atoms with Crippen molar-refractivity contribution in [3.63, 3.8) is 0 Å². The van der Waals surface area contributed by atoms with Gasteiger partial charge in [0, 0.05) is 12.2 Å². The summed E-state index contributed by atoms with van der Waals surface area (Å²) in [6.45, 7) is 2.48. The lowest BCUT2D eigenvalue weighted by atomic mass is 9.54. The van der Waals surface area contributed by atoms with E-state index >= 15 is 0 Å². The number of hydrogen-bond acceptors (Lipinski definition) is 6.